The quantitative estimate of drug-likeness (QED) is 0.876. The van der Waals surface area contributed by atoms with Gasteiger partial charge in [0.15, 0.2) is 0 Å². The van der Waals surface area contributed by atoms with Crippen LogP contribution < -0.4 is 10.5 Å². The first-order valence-electron chi connectivity index (χ1n) is 6.80. The molecule has 1 aromatic rings. The molecule has 6 heteroatoms. The molecule has 1 saturated carbocycles. The normalized spacial score (nSPS) is 24.5. The molecule has 0 bridgehead atoms. The van der Waals surface area contributed by atoms with Crippen LogP contribution in [0.25, 0.3) is 0 Å². The van der Waals surface area contributed by atoms with Crippen molar-refractivity contribution >= 4 is 21.4 Å². The van der Waals surface area contributed by atoms with Crippen molar-refractivity contribution < 1.29 is 8.42 Å². The Kier molecular flexibility index (Phi) is 5.00. The predicted molar refractivity (Wildman–Crippen MR) is 78.5 cm³/mol. The van der Waals surface area contributed by atoms with Crippen molar-refractivity contribution in [2.45, 2.75) is 43.4 Å². The molecule has 0 aromatic carbocycles. The molecule has 3 N–H and O–H groups in total. The molecule has 19 heavy (non-hydrogen) atoms. The van der Waals surface area contributed by atoms with Gasteiger partial charge in [-0.1, -0.05) is 26.2 Å². The first-order valence-corrected chi connectivity index (χ1v) is 9.16. The Labute approximate surface area is 119 Å². The summed E-state index contributed by atoms with van der Waals surface area (Å²) in [5.41, 5.74) is 6.38. The van der Waals surface area contributed by atoms with E-state index in [1.54, 1.807) is 11.4 Å². The second-order valence-corrected chi connectivity index (χ2v) is 8.26. The lowest BCUT2D eigenvalue weighted by Crippen LogP contribution is -2.33. The van der Waals surface area contributed by atoms with E-state index in [1.807, 2.05) is 0 Å². The van der Waals surface area contributed by atoms with Gasteiger partial charge in [-0.3, -0.25) is 0 Å². The lowest BCUT2D eigenvalue weighted by molar-refractivity contribution is 0.257. The molecule has 1 aliphatic carbocycles. The van der Waals surface area contributed by atoms with Crippen molar-refractivity contribution in [2.24, 2.45) is 17.6 Å². The van der Waals surface area contributed by atoms with Gasteiger partial charge in [-0.15, -0.1) is 11.3 Å². The van der Waals surface area contributed by atoms with E-state index >= 15 is 0 Å². The van der Waals surface area contributed by atoms with E-state index in [1.165, 1.54) is 30.6 Å². The first kappa shape index (κ1) is 15.0. The van der Waals surface area contributed by atoms with Gasteiger partial charge in [-0.2, -0.15) is 0 Å². The molecule has 1 aromatic heterocycles. The summed E-state index contributed by atoms with van der Waals surface area (Å²) in [6.07, 6.45) is 4.83. The third kappa shape index (κ3) is 3.78. The van der Waals surface area contributed by atoms with E-state index in [9.17, 15) is 8.42 Å². The Morgan fingerprint density at radius 3 is 2.79 bits per heavy atom. The van der Waals surface area contributed by atoms with Crippen LogP contribution in [0.5, 0.6) is 0 Å². The third-order valence-electron chi connectivity index (χ3n) is 3.95. The van der Waals surface area contributed by atoms with Gasteiger partial charge in [0.05, 0.1) is 0 Å². The lowest BCUT2D eigenvalue weighted by atomic mass is 9.81. The summed E-state index contributed by atoms with van der Waals surface area (Å²) < 4.78 is 27.5. The average Bonchev–Trinajstić information content (AvgIpc) is 2.87. The minimum Gasteiger partial charge on any atom is -0.326 e. The van der Waals surface area contributed by atoms with Crippen LogP contribution in [0.4, 0.5) is 0 Å². The van der Waals surface area contributed by atoms with Crippen LogP contribution in [0.15, 0.2) is 15.7 Å². The van der Waals surface area contributed by atoms with E-state index in [0.717, 1.165) is 12.0 Å². The number of nitrogens with two attached hydrogens (primary N) is 1. The van der Waals surface area contributed by atoms with Crippen LogP contribution in [0.1, 0.15) is 38.2 Å². The van der Waals surface area contributed by atoms with E-state index in [2.05, 4.69) is 11.6 Å². The van der Waals surface area contributed by atoms with Gasteiger partial charge < -0.3 is 5.73 Å². The molecule has 0 aliphatic heterocycles. The zero-order valence-electron chi connectivity index (χ0n) is 11.3. The molecule has 1 fully saturated rings. The fraction of sp³-hybridized carbons (Fsp3) is 0.692. The SMILES string of the molecule is CC1CCCCC1CNS(=O)(=O)c1cc(CN)cs1. The molecular formula is C13H22N2O2S2. The molecule has 1 aliphatic rings. The Morgan fingerprint density at radius 2 is 2.16 bits per heavy atom. The maximum Gasteiger partial charge on any atom is 0.250 e. The standard InChI is InChI=1S/C13H22N2O2S2/c1-10-4-2-3-5-12(10)8-15-19(16,17)13-6-11(7-14)9-18-13/h6,9-10,12,15H,2-5,7-8,14H2,1H3. The topological polar surface area (TPSA) is 72.2 Å². The van der Waals surface area contributed by atoms with E-state index in [0.29, 0.717) is 29.1 Å². The molecule has 0 radical (unpaired) electrons. The summed E-state index contributed by atoms with van der Waals surface area (Å²) in [5, 5.41) is 1.80. The zero-order chi connectivity index (χ0) is 13.9. The predicted octanol–water partition coefficient (Wildman–Crippen LogP) is 2.31. The highest BCUT2D eigenvalue weighted by Gasteiger charge is 2.24. The summed E-state index contributed by atoms with van der Waals surface area (Å²) in [4.78, 5) is 0. The van der Waals surface area contributed by atoms with E-state index < -0.39 is 10.0 Å². The molecular weight excluding hydrogens is 280 g/mol. The van der Waals surface area contributed by atoms with Gasteiger partial charge in [0, 0.05) is 13.1 Å². The molecule has 0 spiro atoms. The Morgan fingerprint density at radius 1 is 1.42 bits per heavy atom. The van der Waals surface area contributed by atoms with Crippen molar-refractivity contribution in [2.75, 3.05) is 6.54 Å². The molecule has 0 amide bonds. The Hall–Kier alpha value is -0.430. The lowest BCUT2D eigenvalue weighted by Gasteiger charge is -2.28. The average molecular weight is 302 g/mol. The van der Waals surface area contributed by atoms with Crippen molar-refractivity contribution in [3.8, 4) is 0 Å². The van der Waals surface area contributed by atoms with Gasteiger partial charge in [0.1, 0.15) is 4.21 Å². The number of hydrogen-bond acceptors (Lipinski definition) is 4. The van der Waals surface area contributed by atoms with Crippen LogP contribution in [0.3, 0.4) is 0 Å². The number of hydrogen-bond donors (Lipinski definition) is 2. The minimum atomic E-state index is -3.36. The van der Waals surface area contributed by atoms with Crippen molar-refractivity contribution in [1.29, 1.82) is 0 Å². The summed E-state index contributed by atoms with van der Waals surface area (Å²) in [6, 6.07) is 1.66. The number of thiophene rings is 1. The summed E-state index contributed by atoms with van der Waals surface area (Å²) >= 11 is 1.24. The fourth-order valence-corrected chi connectivity index (χ4v) is 4.95. The van der Waals surface area contributed by atoms with Crippen LogP contribution in [-0.4, -0.2) is 15.0 Å². The van der Waals surface area contributed by atoms with Gasteiger partial charge in [-0.25, -0.2) is 13.1 Å². The number of sulfonamides is 1. The molecule has 0 saturated heterocycles. The first-order chi connectivity index (χ1) is 9.03. The molecule has 1 heterocycles. The molecule has 4 nitrogen and oxygen atoms in total. The summed E-state index contributed by atoms with van der Waals surface area (Å²) in [5.74, 6) is 1.08. The number of rotatable bonds is 5. The highest BCUT2D eigenvalue weighted by molar-refractivity contribution is 7.91. The van der Waals surface area contributed by atoms with Gasteiger partial charge in [-0.05, 0) is 35.3 Å². The minimum absolute atomic E-state index is 0.372. The third-order valence-corrected chi connectivity index (χ3v) is 6.87. The Bertz CT molecular complexity index is 510. The van der Waals surface area contributed by atoms with Gasteiger partial charge in [0.25, 0.3) is 0 Å². The highest BCUT2D eigenvalue weighted by Crippen LogP contribution is 2.29. The summed E-state index contributed by atoms with van der Waals surface area (Å²) in [7, 11) is -3.36. The van der Waals surface area contributed by atoms with Gasteiger partial charge >= 0.3 is 0 Å². The van der Waals surface area contributed by atoms with Crippen molar-refractivity contribution in [3.05, 3.63) is 17.0 Å². The maximum atomic E-state index is 12.2. The Balaban J connectivity index is 1.97. The maximum absolute atomic E-state index is 12.2. The van der Waals surface area contributed by atoms with E-state index in [-0.39, 0.29) is 0 Å². The highest BCUT2D eigenvalue weighted by atomic mass is 32.2. The van der Waals surface area contributed by atoms with Crippen molar-refractivity contribution in [3.63, 3.8) is 0 Å². The van der Waals surface area contributed by atoms with Crippen molar-refractivity contribution in [1.82, 2.24) is 4.72 Å². The molecule has 108 valence electrons. The van der Waals surface area contributed by atoms with Crippen LogP contribution in [0.2, 0.25) is 0 Å². The van der Waals surface area contributed by atoms with Gasteiger partial charge in [0.2, 0.25) is 10.0 Å². The smallest absolute Gasteiger partial charge is 0.250 e. The fourth-order valence-electron chi connectivity index (χ4n) is 2.59. The molecule has 2 rings (SSSR count). The monoisotopic (exact) mass is 302 g/mol. The second-order valence-electron chi connectivity index (χ2n) is 5.35. The van der Waals surface area contributed by atoms with Crippen LogP contribution in [0, 0.1) is 11.8 Å². The molecule has 2 atom stereocenters. The van der Waals surface area contributed by atoms with Crippen LogP contribution in [-0.2, 0) is 16.6 Å². The number of nitrogens with one attached hydrogen (secondary N) is 1. The van der Waals surface area contributed by atoms with Crippen LogP contribution >= 0.6 is 11.3 Å². The van der Waals surface area contributed by atoms with E-state index in [4.69, 9.17) is 5.73 Å². The summed E-state index contributed by atoms with van der Waals surface area (Å²) in [6.45, 7) is 3.15. The molecule has 2 unspecified atom stereocenters. The zero-order valence-corrected chi connectivity index (χ0v) is 12.9. The largest absolute Gasteiger partial charge is 0.326 e. The second kappa shape index (κ2) is 6.35.